The molecule has 0 aliphatic heterocycles. The summed E-state index contributed by atoms with van der Waals surface area (Å²) in [7, 11) is 0. The van der Waals surface area contributed by atoms with Crippen molar-refractivity contribution in [3.05, 3.63) is 12.7 Å². The van der Waals surface area contributed by atoms with E-state index < -0.39 is 69.9 Å². The lowest BCUT2D eigenvalue weighted by molar-refractivity contribution is -0.518. The summed E-state index contributed by atoms with van der Waals surface area (Å²) in [6.45, 7) is -3.27. The number of hydrogen-bond acceptors (Lipinski definition) is 12. The minimum atomic E-state index is -5.46. The third-order valence-corrected chi connectivity index (χ3v) is 3.78. The Labute approximate surface area is 220 Å². The van der Waals surface area contributed by atoms with E-state index in [9.17, 15) is 41.7 Å². The zero-order valence-corrected chi connectivity index (χ0v) is 21.0. The molecular weight excluding hydrogens is 558 g/mol. The molecule has 234 valence electrons. The molecule has 18 heteroatoms. The first-order chi connectivity index (χ1) is 18.2. The molecule has 0 aliphatic carbocycles. The van der Waals surface area contributed by atoms with Gasteiger partial charge in [-0.2, -0.15) is 17.6 Å². The molecule has 4 N–H and O–H groups in total. The van der Waals surface area contributed by atoms with Crippen molar-refractivity contribution in [2.24, 2.45) is 0 Å². The van der Waals surface area contributed by atoms with Gasteiger partial charge in [-0.1, -0.05) is 6.08 Å². The van der Waals surface area contributed by atoms with Gasteiger partial charge in [-0.3, -0.25) is 0 Å². The van der Waals surface area contributed by atoms with E-state index in [0.29, 0.717) is 0 Å². The van der Waals surface area contributed by atoms with Crippen LogP contribution >= 0.6 is 0 Å². The maximum absolute atomic E-state index is 13.6. The van der Waals surface area contributed by atoms with Gasteiger partial charge in [-0.15, -0.1) is 15.4 Å². The maximum atomic E-state index is 13.6. The highest BCUT2D eigenvalue weighted by Gasteiger charge is 2.52. The van der Waals surface area contributed by atoms with E-state index in [-0.39, 0.29) is 52.9 Å². The molecule has 0 aromatic rings. The third-order valence-electron chi connectivity index (χ3n) is 3.78. The first kappa shape index (κ1) is 37.8. The summed E-state index contributed by atoms with van der Waals surface area (Å²) in [5.74, 6) is 0. The molecule has 0 saturated heterocycles. The average molecular weight is 594 g/mol. The van der Waals surface area contributed by atoms with Crippen molar-refractivity contribution in [2.45, 2.75) is 36.8 Å². The van der Waals surface area contributed by atoms with Crippen molar-refractivity contribution in [2.75, 3.05) is 85.9 Å². The number of ether oxygens (including phenoxy) is 8. The van der Waals surface area contributed by atoms with E-state index in [4.69, 9.17) is 24.1 Å². The first-order valence-electron chi connectivity index (χ1n) is 11.5. The second-order valence-corrected chi connectivity index (χ2v) is 7.71. The van der Waals surface area contributed by atoms with Crippen LogP contribution in [-0.4, -0.2) is 143 Å². The zero-order chi connectivity index (χ0) is 29.8. The number of aliphatic hydroxyl groups is 4. The van der Waals surface area contributed by atoms with Crippen LogP contribution in [-0.2, 0) is 37.9 Å². The van der Waals surface area contributed by atoms with E-state index in [1.807, 2.05) is 0 Å². The highest BCUT2D eigenvalue weighted by Crippen LogP contribution is 2.33. The Morgan fingerprint density at radius 2 is 1.00 bits per heavy atom. The minimum absolute atomic E-state index is 0.0185. The predicted octanol–water partition coefficient (Wildman–Crippen LogP) is 0.116. The Balaban J connectivity index is 4.18. The molecule has 0 bridgehead atoms. The summed E-state index contributed by atoms with van der Waals surface area (Å²) < 4.78 is 116. The fourth-order valence-electron chi connectivity index (χ4n) is 2.33. The number of alkyl halides is 6. The Bertz CT molecular complexity index is 620. The van der Waals surface area contributed by atoms with Crippen molar-refractivity contribution in [3.8, 4) is 0 Å². The average Bonchev–Trinajstić information content (AvgIpc) is 2.80. The van der Waals surface area contributed by atoms with Crippen LogP contribution in [0.15, 0.2) is 12.7 Å². The summed E-state index contributed by atoms with van der Waals surface area (Å²) in [4.78, 5) is 0. The zero-order valence-electron chi connectivity index (χ0n) is 21.0. The highest BCUT2D eigenvalue weighted by atomic mass is 19.3. The van der Waals surface area contributed by atoms with Gasteiger partial charge in [0.2, 0.25) is 0 Å². The molecular formula is C21H36F6O12. The molecule has 0 fully saturated rings. The van der Waals surface area contributed by atoms with Crippen LogP contribution in [0.25, 0.3) is 0 Å². The highest BCUT2D eigenvalue weighted by molar-refractivity contribution is 4.65. The molecule has 0 saturated carbocycles. The Hall–Kier alpha value is -1.16. The standard InChI is InChI=1S/C21H36F6O12/c1-2-4-32-8-16(29)10-34-6-7-35-14-19(22,23)38-21(26,27)39-20(24,25)15-37-13-18(31)12-36-11-17(30)9-33-5-3-28/h2,16-18,28-31H,1,3-15H2. The fourth-order valence-corrected chi connectivity index (χ4v) is 2.33. The summed E-state index contributed by atoms with van der Waals surface area (Å²) in [6, 6.07) is 0. The number of hydrogen-bond donors (Lipinski definition) is 4. The lowest BCUT2D eigenvalue weighted by Gasteiger charge is -2.26. The minimum Gasteiger partial charge on any atom is -0.394 e. The van der Waals surface area contributed by atoms with Crippen LogP contribution in [0.4, 0.5) is 26.3 Å². The van der Waals surface area contributed by atoms with Crippen LogP contribution in [0.5, 0.6) is 0 Å². The fraction of sp³-hybridized carbons (Fsp3) is 0.905. The summed E-state index contributed by atoms with van der Waals surface area (Å²) in [6.07, 6.45) is -17.2. The van der Waals surface area contributed by atoms with E-state index >= 15 is 0 Å². The molecule has 12 nitrogen and oxygen atoms in total. The molecule has 0 aromatic heterocycles. The van der Waals surface area contributed by atoms with E-state index in [0.717, 1.165) is 0 Å². The quantitative estimate of drug-likeness (QED) is 0.0442. The smallest absolute Gasteiger partial charge is 0.394 e. The van der Waals surface area contributed by atoms with Gasteiger partial charge in [0, 0.05) is 0 Å². The topological polar surface area (TPSA) is 155 Å². The van der Waals surface area contributed by atoms with Crippen LogP contribution in [0.1, 0.15) is 0 Å². The van der Waals surface area contributed by atoms with Gasteiger partial charge in [0.15, 0.2) is 0 Å². The van der Waals surface area contributed by atoms with E-state index in [1.165, 1.54) is 6.08 Å². The number of aliphatic hydroxyl groups excluding tert-OH is 4. The van der Waals surface area contributed by atoms with Crippen LogP contribution < -0.4 is 0 Å². The largest absolute Gasteiger partial charge is 0.495 e. The molecule has 0 heterocycles. The van der Waals surface area contributed by atoms with Crippen LogP contribution in [0.3, 0.4) is 0 Å². The Morgan fingerprint density at radius 1 is 0.590 bits per heavy atom. The number of halogens is 6. The predicted molar refractivity (Wildman–Crippen MR) is 117 cm³/mol. The monoisotopic (exact) mass is 594 g/mol. The Kier molecular flexibility index (Phi) is 20.1. The SMILES string of the molecule is C=CCOCC(O)COCCOCC(F)(F)OC(F)(F)OC(F)(F)COCC(O)COCC(O)COCCO. The summed E-state index contributed by atoms with van der Waals surface area (Å²) in [5.41, 5.74) is 0. The lowest BCUT2D eigenvalue weighted by Crippen LogP contribution is -2.44. The van der Waals surface area contributed by atoms with Gasteiger partial charge in [0.05, 0.1) is 72.7 Å². The molecule has 0 spiro atoms. The molecule has 3 unspecified atom stereocenters. The van der Waals surface area contributed by atoms with Gasteiger partial charge >= 0.3 is 18.5 Å². The second kappa shape index (κ2) is 20.7. The van der Waals surface area contributed by atoms with Crippen molar-refractivity contribution in [3.63, 3.8) is 0 Å². The van der Waals surface area contributed by atoms with Crippen LogP contribution in [0.2, 0.25) is 0 Å². The van der Waals surface area contributed by atoms with Gasteiger partial charge in [-0.05, 0) is 0 Å². The van der Waals surface area contributed by atoms with E-state index in [2.05, 4.69) is 25.5 Å². The van der Waals surface area contributed by atoms with Crippen molar-refractivity contribution < 1.29 is 84.7 Å². The lowest BCUT2D eigenvalue weighted by atomic mass is 10.4. The van der Waals surface area contributed by atoms with E-state index in [1.54, 1.807) is 0 Å². The molecule has 3 atom stereocenters. The second-order valence-electron chi connectivity index (χ2n) is 7.71. The van der Waals surface area contributed by atoms with Gasteiger partial charge in [0.1, 0.15) is 31.5 Å². The van der Waals surface area contributed by atoms with Gasteiger partial charge in [0.25, 0.3) is 0 Å². The normalized spacial score (nSPS) is 15.3. The van der Waals surface area contributed by atoms with Crippen LogP contribution in [0, 0.1) is 0 Å². The first-order valence-corrected chi connectivity index (χ1v) is 11.5. The maximum Gasteiger partial charge on any atom is 0.495 e. The molecule has 0 radical (unpaired) electrons. The molecule has 0 amide bonds. The van der Waals surface area contributed by atoms with Crippen molar-refractivity contribution in [1.29, 1.82) is 0 Å². The van der Waals surface area contributed by atoms with Gasteiger partial charge in [-0.25, -0.2) is 9.47 Å². The summed E-state index contributed by atoms with van der Waals surface area (Å²) >= 11 is 0. The van der Waals surface area contributed by atoms with Crippen molar-refractivity contribution in [1.82, 2.24) is 0 Å². The summed E-state index contributed by atoms with van der Waals surface area (Å²) in [5, 5.41) is 37.0. The Morgan fingerprint density at radius 3 is 1.51 bits per heavy atom. The van der Waals surface area contributed by atoms with Crippen molar-refractivity contribution >= 4 is 0 Å². The number of rotatable bonds is 27. The molecule has 0 aliphatic rings. The third kappa shape index (κ3) is 23.3. The molecule has 39 heavy (non-hydrogen) atoms. The molecule has 0 aromatic carbocycles. The molecule has 0 rings (SSSR count). The van der Waals surface area contributed by atoms with Gasteiger partial charge < -0.3 is 48.8 Å².